The highest BCUT2D eigenvalue weighted by Gasteiger charge is 2.13. The molecule has 0 bridgehead atoms. The third kappa shape index (κ3) is 4.97. The topological polar surface area (TPSA) is 112 Å². The van der Waals surface area contributed by atoms with Gasteiger partial charge in [0.2, 0.25) is 0 Å². The Morgan fingerprint density at radius 1 is 1.39 bits per heavy atom. The molecule has 3 rings (SSSR count). The molecule has 0 atom stereocenters. The van der Waals surface area contributed by atoms with Crippen LogP contribution < -0.4 is 10.1 Å². The highest BCUT2D eigenvalue weighted by atomic mass is 79.9. The van der Waals surface area contributed by atoms with Gasteiger partial charge in [0.25, 0.3) is 11.6 Å². The van der Waals surface area contributed by atoms with Gasteiger partial charge in [0.05, 0.1) is 22.1 Å². The van der Waals surface area contributed by atoms with E-state index in [0.29, 0.717) is 30.2 Å². The van der Waals surface area contributed by atoms with Crippen LogP contribution in [0.5, 0.6) is 5.75 Å². The zero-order valence-electron chi connectivity index (χ0n) is 14.9. The first-order valence-corrected chi connectivity index (χ1v) is 9.14. The van der Waals surface area contributed by atoms with Gasteiger partial charge in [-0.15, -0.1) is 0 Å². The number of nitrogens with one attached hydrogen (secondary N) is 1. The highest BCUT2D eigenvalue weighted by molar-refractivity contribution is 9.10. The molecule has 0 saturated carbocycles. The maximum absolute atomic E-state index is 12.1. The fourth-order valence-electron chi connectivity index (χ4n) is 2.49. The van der Waals surface area contributed by atoms with Crippen LogP contribution in [-0.2, 0) is 13.2 Å². The third-order valence-corrected chi connectivity index (χ3v) is 4.27. The molecule has 0 aliphatic heterocycles. The number of ether oxygens (including phenoxy) is 1. The predicted molar refractivity (Wildman–Crippen MR) is 103 cm³/mol. The summed E-state index contributed by atoms with van der Waals surface area (Å²) in [5.74, 6) is 0.803. The first-order valence-electron chi connectivity index (χ1n) is 8.35. The summed E-state index contributed by atoms with van der Waals surface area (Å²) in [6.45, 7) is 2.68. The summed E-state index contributed by atoms with van der Waals surface area (Å²) >= 11 is 3.31. The fourth-order valence-corrected chi connectivity index (χ4v) is 2.81. The average molecular weight is 449 g/mol. The van der Waals surface area contributed by atoms with Crippen LogP contribution in [0.4, 0.5) is 5.69 Å². The molecule has 1 N–H and O–H groups in total. The number of furan rings is 1. The molecule has 1 aromatic carbocycles. The van der Waals surface area contributed by atoms with Crippen LogP contribution >= 0.6 is 15.9 Å². The van der Waals surface area contributed by atoms with E-state index in [2.05, 4.69) is 26.3 Å². The second-order valence-electron chi connectivity index (χ2n) is 5.94. The van der Waals surface area contributed by atoms with E-state index in [1.165, 1.54) is 12.1 Å². The van der Waals surface area contributed by atoms with Gasteiger partial charge in [-0.25, -0.2) is 0 Å². The van der Waals surface area contributed by atoms with Crippen LogP contribution in [0.1, 0.15) is 21.9 Å². The Morgan fingerprint density at radius 3 is 2.89 bits per heavy atom. The number of halogens is 1. The Morgan fingerprint density at radius 2 is 2.21 bits per heavy atom. The molecule has 28 heavy (non-hydrogen) atoms. The highest BCUT2D eigenvalue weighted by Crippen LogP contribution is 2.24. The minimum atomic E-state index is -0.443. The van der Waals surface area contributed by atoms with Gasteiger partial charge in [-0.05, 0) is 47.1 Å². The lowest BCUT2D eigenvalue weighted by atomic mass is 10.2. The average Bonchev–Trinajstić information content (AvgIpc) is 3.29. The molecule has 0 saturated heterocycles. The number of carbonyl (C=O) groups is 1. The summed E-state index contributed by atoms with van der Waals surface area (Å²) < 4.78 is 13.6. The Labute approximate surface area is 168 Å². The molecule has 0 spiro atoms. The van der Waals surface area contributed by atoms with Crippen LogP contribution in [-0.4, -0.2) is 27.2 Å². The van der Waals surface area contributed by atoms with E-state index in [1.807, 2.05) is 6.20 Å². The molecule has 10 heteroatoms. The number of nitro groups is 1. The van der Waals surface area contributed by atoms with Crippen molar-refractivity contribution in [1.29, 1.82) is 0 Å². The Kier molecular flexibility index (Phi) is 6.09. The molecule has 2 aromatic heterocycles. The van der Waals surface area contributed by atoms with Crippen molar-refractivity contribution in [1.82, 2.24) is 15.1 Å². The van der Waals surface area contributed by atoms with E-state index in [0.717, 1.165) is 4.47 Å². The van der Waals surface area contributed by atoms with Crippen molar-refractivity contribution in [2.45, 2.75) is 20.1 Å². The van der Waals surface area contributed by atoms with Gasteiger partial charge in [-0.2, -0.15) is 5.10 Å². The number of benzene rings is 1. The van der Waals surface area contributed by atoms with E-state index in [-0.39, 0.29) is 24.0 Å². The van der Waals surface area contributed by atoms with E-state index >= 15 is 0 Å². The number of nitro benzene ring substituents is 1. The van der Waals surface area contributed by atoms with E-state index in [4.69, 9.17) is 9.15 Å². The zero-order chi connectivity index (χ0) is 20.1. The molecule has 146 valence electrons. The fraction of sp³-hybridized carbons (Fsp3) is 0.222. The number of carbonyl (C=O) groups excluding carboxylic acids is 1. The Balaban J connectivity index is 1.50. The predicted octanol–water partition coefficient (Wildman–Crippen LogP) is 3.46. The number of hydrogen-bond acceptors (Lipinski definition) is 6. The van der Waals surface area contributed by atoms with Gasteiger partial charge < -0.3 is 14.5 Å². The lowest BCUT2D eigenvalue weighted by molar-refractivity contribution is -0.385. The number of hydrogen-bond donors (Lipinski definition) is 1. The first kappa shape index (κ1) is 19.6. The van der Waals surface area contributed by atoms with Crippen molar-refractivity contribution < 1.29 is 18.9 Å². The van der Waals surface area contributed by atoms with Crippen molar-refractivity contribution in [2.24, 2.45) is 0 Å². The molecule has 2 heterocycles. The Hall–Kier alpha value is -3.14. The molecule has 1 amide bonds. The standard InChI is InChI=1S/C18H17BrN4O5/c1-12-8-14(2-4-16(12)23(25)26)27-11-15-3-5-17(28-15)18(24)20-6-7-22-10-13(19)9-21-22/h2-5,8-10H,6-7,11H2,1H3,(H,20,24). The van der Waals surface area contributed by atoms with Crippen LogP contribution in [0.15, 0.2) is 51.6 Å². The quantitative estimate of drug-likeness (QED) is 0.416. The third-order valence-electron chi connectivity index (χ3n) is 3.86. The van der Waals surface area contributed by atoms with Crippen LogP contribution in [0.2, 0.25) is 0 Å². The van der Waals surface area contributed by atoms with Crippen LogP contribution in [0, 0.1) is 17.0 Å². The molecular weight excluding hydrogens is 432 g/mol. The second-order valence-corrected chi connectivity index (χ2v) is 6.85. The smallest absolute Gasteiger partial charge is 0.287 e. The van der Waals surface area contributed by atoms with Crippen LogP contribution in [0.25, 0.3) is 0 Å². The van der Waals surface area contributed by atoms with Crippen LogP contribution in [0.3, 0.4) is 0 Å². The maximum atomic E-state index is 12.1. The summed E-state index contributed by atoms with van der Waals surface area (Å²) in [7, 11) is 0. The van der Waals surface area contributed by atoms with Crippen molar-refractivity contribution in [3.05, 3.63) is 74.4 Å². The summed E-state index contributed by atoms with van der Waals surface area (Å²) in [5.41, 5.74) is 0.540. The lowest BCUT2D eigenvalue weighted by Crippen LogP contribution is -2.27. The molecule has 0 fully saturated rings. The van der Waals surface area contributed by atoms with E-state index < -0.39 is 4.92 Å². The van der Waals surface area contributed by atoms with Gasteiger partial charge >= 0.3 is 0 Å². The summed E-state index contributed by atoms with van der Waals surface area (Å²) in [6.07, 6.45) is 3.49. The monoisotopic (exact) mass is 448 g/mol. The molecular formula is C18H17BrN4O5. The molecule has 0 radical (unpaired) electrons. The number of aromatic nitrogens is 2. The number of aryl methyl sites for hydroxylation is 1. The minimum Gasteiger partial charge on any atom is -0.486 e. The minimum absolute atomic E-state index is 0.0341. The van der Waals surface area contributed by atoms with Crippen molar-refractivity contribution in [2.75, 3.05) is 6.54 Å². The summed E-state index contributed by atoms with van der Waals surface area (Å²) in [4.78, 5) is 22.5. The SMILES string of the molecule is Cc1cc(OCc2ccc(C(=O)NCCn3cc(Br)cn3)o2)ccc1[N+](=O)[O-]. The van der Waals surface area contributed by atoms with Gasteiger partial charge in [0, 0.05) is 24.4 Å². The largest absolute Gasteiger partial charge is 0.486 e. The maximum Gasteiger partial charge on any atom is 0.287 e. The Bertz CT molecular complexity index is 998. The molecule has 9 nitrogen and oxygen atoms in total. The molecule has 3 aromatic rings. The van der Waals surface area contributed by atoms with Crippen molar-refractivity contribution in [3.63, 3.8) is 0 Å². The summed E-state index contributed by atoms with van der Waals surface area (Å²) in [5, 5.41) is 17.7. The van der Waals surface area contributed by atoms with E-state index in [1.54, 1.807) is 36.0 Å². The molecule has 0 unspecified atom stereocenters. The molecule has 0 aliphatic rings. The lowest BCUT2D eigenvalue weighted by Gasteiger charge is -2.06. The van der Waals surface area contributed by atoms with Crippen molar-refractivity contribution >= 4 is 27.5 Å². The van der Waals surface area contributed by atoms with Crippen molar-refractivity contribution in [3.8, 4) is 5.75 Å². The van der Waals surface area contributed by atoms with E-state index in [9.17, 15) is 14.9 Å². The first-order chi connectivity index (χ1) is 13.4. The van der Waals surface area contributed by atoms with Gasteiger partial charge in [0.15, 0.2) is 5.76 Å². The number of rotatable bonds is 8. The number of nitrogens with zero attached hydrogens (tertiary/aromatic N) is 3. The number of amides is 1. The normalized spacial score (nSPS) is 10.6. The second kappa shape index (κ2) is 8.70. The van der Waals surface area contributed by atoms with Gasteiger partial charge in [-0.3, -0.25) is 19.6 Å². The zero-order valence-corrected chi connectivity index (χ0v) is 16.5. The molecule has 0 aliphatic carbocycles. The van der Waals surface area contributed by atoms with Gasteiger partial charge in [-0.1, -0.05) is 0 Å². The summed E-state index contributed by atoms with van der Waals surface area (Å²) in [6, 6.07) is 7.72. The van der Waals surface area contributed by atoms with Gasteiger partial charge in [0.1, 0.15) is 18.1 Å².